The molecule has 0 saturated heterocycles. The predicted molar refractivity (Wildman–Crippen MR) is 60.6 cm³/mol. The molecule has 5 nitrogen and oxygen atoms in total. The van der Waals surface area contributed by atoms with Crippen molar-refractivity contribution >= 4 is 10.1 Å². The highest BCUT2D eigenvalue weighted by molar-refractivity contribution is 7.86. The van der Waals surface area contributed by atoms with E-state index in [0.717, 1.165) is 11.0 Å². The fraction of sp³-hybridized carbons (Fsp3) is 1.00. The maximum atomic E-state index is 12.2. The number of rotatable bonds is 5. The van der Waals surface area contributed by atoms with Gasteiger partial charge in [-0.25, -0.2) is 8.42 Å². The molecular weight excluding hydrogens is 389 g/mol. The van der Waals surface area contributed by atoms with Crippen LogP contribution < -0.4 is 0 Å². The maximum absolute atomic E-state index is 12.2. The average molecular weight is 403 g/mol. The third-order valence-corrected chi connectivity index (χ3v) is 3.09. The SMILES string of the molecule is C[N+](C)(C)CCO.O=S(=O)([O-])C(F)(F)C(F)(F)C(F)(F)C(F)(F)F. The van der Waals surface area contributed by atoms with Gasteiger partial charge < -0.3 is 14.1 Å². The zero-order valence-corrected chi connectivity index (χ0v) is 13.2. The first-order chi connectivity index (χ1) is 10.1. The third-order valence-electron chi connectivity index (χ3n) is 2.20. The Morgan fingerprint density at radius 1 is 0.875 bits per heavy atom. The molecule has 148 valence electrons. The van der Waals surface area contributed by atoms with Gasteiger partial charge in [0.2, 0.25) is 0 Å². The molecule has 0 aliphatic heterocycles. The predicted octanol–water partition coefficient (Wildman–Crippen LogP) is 1.64. The highest BCUT2D eigenvalue weighted by atomic mass is 32.2. The van der Waals surface area contributed by atoms with Gasteiger partial charge in [-0.2, -0.15) is 39.5 Å². The largest absolute Gasteiger partial charge is 0.743 e. The van der Waals surface area contributed by atoms with Crippen LogP contribution in [0.4, 0.5) is 39.5 Å². The standard InChI is InChI=1S/C5H14NO.C4HF9O3S/c1-6(2,3)4-5-7;5-1(6,3(9,10)11)2(7,8)4(12,13)17(14,15)16/h7H,4-5H2,1-3H3;(H,14,15,16)/q+1;/p-1. The summed E-state index contributed by atoms with van der Waals surface area (Å²) in [5, 5.41) is 1.27. The van der Waals surface area contributed by atoms with Crippen LogP contribution >= 0.6 is 0 Å². The van der Waals surface area contributed by atoms with Crippen LogP contribution in [0.3, 0.4) is 0 Å². The lowest BCUT2D eigenvalue weighted by molar-refractivity contribution is -0.870. The lowest BCUT2D eigenvalue weighted by Crippen LogP contribution is -2.63. The molecule has 0 bridgehead atoms. The number of halogens is 9. The van der Waals surface area contributed by atoms with Gasteiger partial charge >= 0.3 is 23.3 Å². The smallest absolute Gasteiger partial charge is 0.460 e. The number of hydrogen-bond donors (Lipinski definition) is 1. The molecule has 0 aromatic rings. The van der Waals surface area contributed by atoms with E-state index in [2.05, 4.69) is 21.1 Å². The summed E-state index contributed by atoms with van der Waals surface area (Å²) in [6, 6.07) is 0. The second-order valence-electron chi connectivity index (χ2n) is 5.35. The van der Waals surface area contributed by atoms with Gasteiger partial charge in [0.1, 0.15) is 6.54 Å². The first kappa shape index (κ1) is 25.4. The average Bonchev–Trinajstić information content (AvgIpc) is 2.24. The normalized spacial score (nSPS) is 14.9. The molecule has 0 aliphatic carbocycles. The Balaban J connectivity index is 0. The zero-order valence-electron chi connectivity index (χ0n) is 12.3. The Kier molecular flexibility index (Phi) is 7.64. The number of aliphatic hydroxyl groups is 1. The van der Waals surface area contributed by atoms with E-state index in [1.165, 1.54) is 0 Å². The van der Waals surface area contributed by atoms with Crippen molar-refractivity contribution in [2.45, 2.75) is 23.3 Å². The second-order valence-corrected chi connectivity index (χ2v) is 6.78. The van der Waals surface area contributed by atoms with Crippen LogP contribution in [0.25, 0.3) is 0 Å². The summed E-state index contributed by atoms with van der Waals surface area (Å²) in [6.45, 7) is 1.11. The minimum atomic E-state index is -7.43. The molecule has 15 heteroatoms. The molecule has 24 heavy (non-hydrogen) atoms. The molecular formula is C9H14F9NO4S. The summed E-state index contributed by atoms with van der Waals surface area (Å²) >= 11 is 0. The minimum absolute atomic E-state index is 0.281. The number of nitrogens with zero attached hydrogens (tertiary/aromatic N) is 1. The molecule has 0 atom stereocenters. The Morgan fingerprint density at radius 2 is 1.21 bits per heavy atom. The molecule has 0 amide bonds. The van der Waals surface area contributed by atoms with Crippen LogP contribution in [0.5, 0.6) is 0 Å². The van der Waals surface area contributed by atoms with Gasteiger partial charge in [-0.1, -0.05) is 0 Å². The summed E-state index contributed by atoms with van der Waals surface area (Å²) < 4.78 is 136. The molecule has 0 heterocycles. The van der Waals surface area contributed by atoms with E-state index in [1.54, 1.807) is 0 Å². The quantitative estimate of drug-likeness (QED) is 0.430. The second kappa shape index (κ2) is 7.21. The molecule has 0 radical (unpaired) electrons. The number of likely N-dealkylation sites (N-methyl/N-ethyl adjacent to an activating group) is 1. The van der Waals surface area contributed by atoms with Gasteiger partial charge in [0.25, 0.3) is 0 Å². The van der Waals surface area contributed by atoms with Crippen LogP contribution in [-0.4, -0.2) is 80.1 Å². The molecule has 0 unspecified atom stereocenters. The zero-order chi connectivity index (χ0) is 20.4. The van der Waals surface area contributed by atoms with Crippen molar-refractivity contribution in [2.75, 3.05) is 34.3 Å². The lowest BCUT2D eigenvalue weighted by Gasteiger charge is -2.34. The van der Waals surface area contributed by atoms with E-state index in [-0.39, 0.29) is 6.61 Å². The van der Waals surface area contributed by atoms with E-state index in [0.29, 0.717) is 0 Å². The van der Waals surface area contributed by atoms with Gasteiger partial charge in [0.05, 0.1) is 27.7 Å². The highest BCUT2D eigenvalue weighted by Crippen LogP contribution is 2.54. The number of alkyl halides is 9. The van der Waals surface area contributed by atoms with Gasteiger partial charge in [0.15, 0.2) is 10.1 Å². The van der Waals surface area contributed by atoms with Gasteiger partial charge in [-0.05, 0) is 0 Å². The van der Waals surface area contributed by atoms with Crippen molar-refractivity contribution in [1.82, 2.24) is 0 Å². The van der Waals surface area contributed by atoms with Crippen LogP contribution in [0.1, 0.15) is 0 Å². The summed E-state index contributed by atoms with van der Waals surface area (Å²) in [4.78, 5) is 0. The summed E-state index contributed by atoms with van der Waals surface area (Å²) in [5.41, 5.74) is 0. The summed E-state index contributed by atoms with van der Waals surface area (Å²) in [5.74, 6) is -14.8. The number of hydrogen-bond acceptors (Lipinski definition) is 4. The fourth-order valence-corrected chi connectivity index (χ4v) is 1.26. The monoisotopic (exact) mass is 403 g/mol. The van der Waals surface area contributed by atoms with Crippen molar-refractivity contribution in [3.63, 3.8) is 0 Å². The van der Waals surface area contributed by atoms with Crippen molar-refractivity contribution in [1.29, 1.82) is 0 Å². The number of aliphatic hydroxyl groups excluding tert-OH is 1. The Morgan fingerprint density at radius 3 is 1.33 bits per heavy atom. The lowest BCUT2D eigenvalue weighted by atomic mass is 10.1. The minimum Gasteiger partial charge on any atom is -0.743 e. The molecule has 0 fully saturated rings. The fourth-order valence-electron chi connectivity index (χ4n) is 0.818. The Bertz CT molecular complexity index is 510. The first-order valence-corrected chi connectivity index (χ1v) is 7.04. The van der Waals surface area contributed by atoms with E-state index >= 15 is 0 Å². The van der Waals surface area contributed by atoms with Crippen molar-refractivity contribution in [2.24, 2.45) is 0 Å². The van der Waals surface area contributed by atoms with E-state index in [4.69, 9.17) is 5.11 Å². The molecule has 0 aliphatic rings. The van der Waals surface area contributed by atoms with Crippen LogP contribution in [-0.2, 0) is 10.1 Å². The third kappa shape index (κ3) is 5.63. The van der Waals surface area contributed by atoms with E-state index in [1.807, 2.05) is 0 Å². The van der Waals surface area contributed by atoms with Crippen LogP contribution in [0.2, 0.25) is 0 Å². The van der Waals surface area contributed by atoms with Gasteiger partial charge in [-0.3, -0.25) is 0 Å². The number of quaternary nitrogens is 1. The molecule has 1 N–H and O–H groups in total. The first-order valence-electron chi connectivity index (χ1n) is 5.63. The van der Waals surface area contributed by atoms with Gasteiger partial charge in [0, 0.05) is 0 Å². The molecule has 0 rings (SSSR count). The summed E-state index contributed by atoms with van der Waals surface area (Å²) in [7, 11) is -1.26. The van der Waals surface area contributed by atoms with Crippen molar-refractivity contribution in [3.8, 4) is 0 Å². The van der Waals surface area contributed by atoms with Crippen LogP contribution in [0.15, 0.2) is 0 Å². The maximum Gasteiger partial charge on any atom is 0.460 e. The Hall–Kier alpha value is -0.800. The highest BCUT2D eigenvalue weighted by Gasteiger charge is 2.83. The topological polar surface area (TPSA) is 77.4 Å². The molecule has 0 saturated carbocycles. The van der Waals surface area contributed by atoms with E-state index in [9.17, 15) is 52.5 Å². The molecule has 0 aromatic carbocycles. The van der Waals surface area contributed by atoms with E-state index < -0.39 is 33.4 Å². The Labute approximate surface area is 131 Å². The van der Waals surface area contributed by atoms with Gasteiger partial charge in [-0.15, -0.1) is 0 Å². The molecule has 0 aromatic heterocycles. The molecule has 0 spiro atoms. The van der Waals surface area contributed by atoms with Crippen LogP contribution in [0, 0.1) is 0 Å². The van der Waals surface area contributed by atoms with Crippen molar-refractivity contribution < 1.29 is 62.1 Å². The summed E-state index contributed by atoms with van der Waals surface area (Å²) in [6.07, 6.45) is -7.16. The van der Waals surface area contributed by atoms with Crippen molar-refractivity contribution in [3.05, 3.63) is 0 Å².